The van der Waals surface area contributed by atoms with E-state index in [-0.39, 0.29) is 6.10 Å². The number of hydrogen-bond donors (Lipinski definition) is 1. The molecule has 3 heteroatoms. The molecule has 0 aromatic carbocycles. The maximum Gasteiger partial charge on any atom is 0.0625 e. The smallest absolute Gasteiger partial charge is 0.0625 e. The number of nitrogens with zero attached hydrogens (tertiary/aromatic N) is 2. The van der Waals surface area contributed by atoms with E-state index in [0.717, 1.165) is 25.0 Å². The highest BCUT2D eigenvalue weighted by molar-refractivity contribution is 4.99. The van der Waals surface area contributed by atoms with Gasteiger partial charge in [0.15, 0.2) is 0 Å². The number of aliphatic hydroxyl groups is 1. The standard InChI is InChI=1S/C13H24N2O/c1-10(2)9-13(16)6-5-12-7-8-15(14-12)11(3)4/h7-8,10-11,13,16H,5-6,9H2,1-4H3. The summed E-state index contributed by atoms with van der Waals surface area (Å²) in [6.45, 7) is 8.50. The van der Waals surface area contributed by atoms with Crippen molar-refractivity contribution in [2.75, 3.05) is 0 Å². The van der Waals surface area contributed by atoms with Crippen molar-refractivity contribution in [2.24, 2.45) is 5.92 Å². The number of hydrogen-bond acceptors (Lipinski definition) is 2. The van der Waals surface area contributed by atoms with Gasteiger partial charge in [-0.1, -0.05) is 13.8 Å². The molecular formula is C13H24N2O. The van der Waals surface area contributed by atoms with Gasteiger partial charge < -0.3 is 5.11 Å². The van der Waals surface area contributed by atoms with Crippen LogP contribution in [0.3, 0.4) is 0 Å². The molecule has 1 heterocycles. The second-order valence-corrected chi connectivity index (χ2v) is 5.20. The minimum absolute atomic E-state index is 0.191. The fourth-order valence-electron chi connectivity index (χ4n) is 1.77. The third-order valence-corrected chi connectivity index (χ3v) is 2.67. The first-order chi connectivity index (χ1) is 7.49. The Morgan fingerprint density at radius 1 is 1.31 bits per heavy atom. The minimum Gasteiger partial charge on any atom is -0.393 e. The molecular weight excluding hydrogens is 200 g/mol. The van der Waals surface area contributed by atoms with Crippen molar-refractivity contribution in [1.82, 2.24) is 9.78 Å². The highest BCUT2D eigenvalue weighted by Gasteiger charge is 2.08. The maximum absolute atomic E-state index is 9.76. The molecule has 1 atom stereocenters. The van der Waals surface area contributed by atoms with E-state index in [1.54, 1.807) is 0 Å². The average molecular weight is 224 g/mol. The average Bonchev–Trinajstić information content (AvgIpc) is 2.61. The lowest BCUT2D eigenvalue weighted by atomic mass is 10.0. The monoisotopic (exact) mass is 224 g/mol. The van der Waals surface area contributed by atoms with Crippen molar-refractivity contribution in [3.05, 3.63) is 18.0 Å². The van der Waals surface area contributed by atoms with Crippen LogP contribution in [0.1, 0.15) is 52.3 Å². The molecule has 1 aromatic rings. The van der Waals surface area contributed by atoms with Gasteiger partial charge in [0.05, 0.1) is 11.8 Å². The topological polar surface area (TPSA) is 38.0 Å². The second kappa shape index (κ2) is 6.04. The Morgan fingerprint density at radius 2 is 2.00 bits per heavy atom. The van der Waals surface area contributed by atoms with E-state index in [1.807, 2.05) is 16.9 Å². The Hall–Kier alpha value is -0.830. The molecule has 1 unspecified atom stereocenters. The Kier molecular flexibility index (Phi) is 5.00. The Balaban J connectivity index is 2.36. The van der Waals surface area contributed by atoms with Gasteiger partial charge in [-0.05, 0) is 45.1 Å². The lowest BCUT2D eigenvalue weighted by molar-refractivity contribution is 0.139. The van der Waals surface area contributed by atoms with Crippen molar-refractivity contribution in [1.29, 1.82) is 0 Å². The van der Waals surface area contributed by atoms with E-state index < -0.39 is 0 Å². The quantitative estimate of drug-likeness (QED) is 0.807. The Labute approximate surface area is 98.5 Å². The van der Waals surface area contributed by atoms with Gasteiger partial charge >= 0.3 is 0 Å². The summed E-state index contributed by atoms with van der Waals surface area (Å²) in [7, 11) is 0. The molecule has 0 spiro atoms. The molecule has 0 radical (unpaired) electrons. The third-order valence-electron chi connectivity index (χ3n) is 2.67. The zero-order valence-corrected chi connectivity index (χ0v) is 10.8. The molecule has 0 fully saturated rings. The van der Waals surface area contributed by atoms with Crippen LogP contribution in [0, 0.1) is 5.92 Å². The summed E-state index contributed by atoms with van der Waals surface area (Å²) in [5.74, 6) is 0.559. The van der Waals surface area contributed by atoms with Gasteiger partial charge in [-0.25, -0.2) is 0 Å². The lowest BCUT2D eigenvalue weighted by Crippen LogP contribution is -2.11. The highest BCUT2D eigenvalue weighted by atomic mass is 16.3. The normalized spacial score (nSPS) is 13.7. The number of aromatic nitrogens is 2. The molecule has 0 saturated carbocycles. The second-order valence-electron chi connectivity index (χ2n) is 5.20. The largest absolute Gasteiger partial charge is 0.393 e. The minimum atomic E-state index is -0.191. The van der Waals surface area contributed by atoms with Gasteiger partial charge in [0.2, 0.25) is 0 Å². The first-order valence-corrected chi connectivity index (χ1v) is 6.21. The van der Waals surface area contributed by atoms with Crippen molar-refractivity contribution < 1.29 is 5.11 Å². The van der Waals surface area contributed by atoms with E-state index in [9.17, 15) is 5.11 Å². The van der Waals surface area contributed by atoms with Crippen molar-refractivity contribution >= 4 is 0 Å². The van der Waals surface area contributed by atoms with Gasteiger partial charge in [0.25, 0.3) is 0 Å². The number of aliphatic hydroxyl groups excluding tert-OH is 1. The van der Waals surface area contributed by atoms with Crippen molar-refractivity contribution in [3.8, 4) is 0 Å². The van der Waals surface area contributed by atoms with E-state index in [1.165, 1.54) is 0 Å². The summed E-state index contributed by atoms with van der Waals surface area (Å²) in [4.78, 5) is 0. The van der Waals surface area contributed by atoms with Gasteiger partial charge in [0.1, 0.15) is 0 Å². The predicted molar refractivity (Wildman–Crippen MR) is 66.4 cm³/mol. The zero-order chi connectivity index (χ0) is 12.1. The van der Waals surface area contributed by atoms with Crippen LogP contribution < -0.4 is 0 Å². The SMILES string of the molecule is CC(C)CC(O)CCc1ccn(C(C)C)n1. The molecule has 3 nitrogen and oxygen atoms in total. The fraction of sp³-hybridized carbons (Fsp3) is 0.769. The van der Waals surface area contributed by atoms with Crippen LogP contribution in [0.2, 0.25) is 0 Å². The van der Waals surface area contributed by atoms with Crippen LogP contribution in [0.5, 0.6) is 0 Å². The van der Waals surface area contributed by atoms with Gasteiger partial charge in [-0.3, -0.25) is 4.68 Å². The summed E-state index contributed by atoms with van der Waals surface area (Å²) in [6.07, 6.45) is 4.38. The Morgan fingerprint density at radius 3 is 2.50 bits per heavy atom. The predicted octanol–water partition coefficient (Wildman–Crippen LogP) is 2.80. The molecule has 0 aliphatic heterocycles. The molecule has 0 saturated heterocycles. The molecule has 92 valence electrons. The highest BCUT2D eigenvalue weighted by Crippen LogP contribution is 2.11. The fourth-order valence-corrected chi connectivity index (χ4v) is 1.77. The van der Waals surface area contributed by atoms with E-state index in [4.69, 9.17) is 0 Å². The summed E-state index contributed by atoms with van der Waals surface area (Å²) in [6, 6.07) is 2.46. The van der Waals surface area contributed by atoms with E-state index in [0.29, 0.717) is 12.0 Å². The van der Waals surface area contributed by atoms with Crippen LogP contribution in [-0.4, -0.2) is 21.0 Å². The lowest BCUT2D eigenvalue weighted by Gasteiger charge is -2.11. The van der Waals surface area contributed by atoms with Gasteiger partial charge in [-0.15, -0.1) is 0 Å². The van der Waals surface area contributed by atoms with Crippen LogP contribution in [0.4, 0.5) is 0 Å². The number of rotatable bonds is 6. The summed E-state index contributed by atoms with van der Waals surface area (Å²) < 4.78 is 1.96. The molecule has 1 aromatic heterocycles. The van der Waals surface area contributed by atoms with Crippen molar-refractivity contribution in [2.45, 2.75) is 59.1 Å². The summed E-state index contributed by atoms with van der Waals surface area (Å²) in [5.41, 5.74) is 1.08. The summed E-state index contributed by atoms with van der Waals surface area (Å²) >= 11 is 0. The molecule has 1 N–H and O–H groups in total. The molecule has 0 aliphatic carbocycles. The molecule has 0 bridgehead atoms. The van der Waals surface area contributed by atoms with Gasteiger partial charge in [0, 0.05) is 12.2 Å². The van der Waals surface area contributed by atoms with Crippen LogP contribution in [0.15, 0.2) is 12.3 Å². The zero-order valence-electron chi connectivity index (χ0n) is 10.8. The Bertz CT molecular complexity index is 305. The van der Waals surface area contributed by atoms with Crippen LogP contribution in [0.25, 0.3) is 0 Å². The summed E-state index contributed by atoms with van der Waals surface area (Å²) in [5, 5.41) is 14.2. The first kappa shape index (κ1) is 13.2. The molecule has 0 amide bonds. The van der Waals surface area contributed by atoms with Gasteiger partial charge in [-0.2, -0.15) is 5.10 Å². The molecule has 1 rings (SSSR count). The van der Waals surface area contributed by atoms with E-state index in [2.05, 4.69) is 32.8 Å². The van der Waals surface area contributed by atoms with Crippen LogP contribution >= 0.6 is 0 Å². The van der Waals surface area contributed by atoms with E-state index >= 15 is 0 Å². The molecule has 16 heavy (non-hydrogen) atoms. The van der Waals surface area contributed by atoms with Crippen molar-refractivity contribution in [3.63, 3.8) is 0 Å². The maximum atomic E-state index is 9.76. The molecule has 0 aliphatic rings. The van der Waals surface area contributed by atoms with Crippen LogP contribution in [-0.2, 0) is 6.42 Å². The number of aryl methyl sites for hydroxylation is 1. The first-order valence-electron chi connectivity index (χ1n) is 6.21. The third kappa shape index (κ3) is 4.35.